The van der Waals surface area contributed by atoms with Crippen LogP contribution in [0, 0.1) is 0 Å². The third-order valence-corrected chi connectivity index (χ3v) is 5.31. The van der Waals surface area contributed by atoms with Crippen molar-refractivity contribution < 1.29 is 4.52 Å². The molecule has 0 radical (unpaired) electrons. The van der Waals surface area contributed by atoms with Crippen molar-refractivity contribution in [1.29, 1.82) is 0 Å². The molecule has 0 bridgehead atoms. The number of thioether (sulfide) groups is 1. The van der Waals surface area contributed by atoms with Crippen molar-refractivity contribution in [3.63, 3.8) is 0 Å². The van der Waals surface area contributed by atoms with Crippen molar-refractivity contribution in [2.75, 3.05) is 18.6 Å². The summed E-state index contributed by atoms with van der Waals surface area (Å²) in [4.78, 5) is 10.8. The Bertz CT molecular complexity index is 797. The Morgan fingerprint density at radius 3 is 3.17 bits per heavy atom. The van der Waals surface area contributed by atoms with Gasteiger partial charge in [0, 0.05) is 17.4 Å². The van der Waals surface area contributed by atoms with Gasteiger partial charge in [-0.15, -0.1) is 0 Å². The monoisotopic (exact) mass is 342 g/mol. The topological polar surface area (TPSA) is 72.9 Å². The van der Waals surface area contributed by atoms with Crippen LogP contribution in [0.5, 0.6) is 0 Å². The molecule has 1 atom stereocenters. The molecule has 7 nitrogen and oxygen atoms in total. The van der Waals surface area contributed by atoms with Crippen molar-refractivity contribution in [3.05, 3.63) is 42.8 Å². The summed E-state index contributed by atoms with van der Waals surface area (Å²) >= 11 is 2.00. The van der Waals surface area contributed by atoms with Crippen LogP contribution in [0.2, 0.25) is 0 Å². The van der Waals surface area contributed by atoms with Crippen LogP contribution in [0.15, 0.2) is 41.4 Å². The van der Waals surface area contributed by atoms with Gasteiger partial charge in [0.1, 0.15) is 12.7 Å². The molecule has 1 fully saturated rings. The Morgan fingerprint density at radius 1 is 1.42 bits per heavy atom. The van der Waals surface area contributed by atoms with E-state index in [9.17, 15) is 0 Å². The van der Waals surface area contributed by atoms with Crippen LogP contribution < -0.4 is 0 Å². The van der Waals surface area contributed by atoms with Gasteiger partial charge in [-0.1, -0.05) is 17.3 Å². The second-order valence-corrected chi connectivity index (χ2v) is 6.98. The molecule has 1 unspecified atom stereocenters. The highest BCUT2D eigenvalue weighted by molar-refractivity contribution is 7.99. The van der Waals surface area contributed by atoms with E-state index in [0.717, 1.165) is 11.3 Å². The summed E-state index contributed by atoms with van der Waals surface area (Å²) in [5.74, 6) is 3.66. The quantitative estimate of drug-likeness (QED) is 0.704. The van der Waals surface area contributed by atoms with Crippen LogP contribution in [0.1, 0.15) is 12.3 Å². The summed E-state index contributed by atoms with van der Waals surface area (Å²) in [5.41, 5.74) is 1.81. The lowest BCUT2D eigenvalue weighted by atomic mass is 10.2. The molecule has 0 saturated carbocycles. The first-order valence-electron chi connectivity index (χ1n) is 7.85. The van der Waals surface area contributed by atoms with Gasteiger partial charge < -0.3 is 4.52 Å². The number of nitrogens with zero attached hydrogens (tertiary/aromatic N) is 6. The predicted molar refractivity (Wildman–Crippen MR) is 91.8 cm³/mol. The maximum absolute atomic E-state index is 5.44. The highest BCUT2D eigenvalue weighted by Gasteiger charge is 2.22. The average molecular weight is 342 g/mol. The number of benzene rings is 1. The van der Waals surface area contributed by atoms with Crippen molar-refractivity contribution >= 4 is 11.8 Å². The molecule has 1 aliphatic heterocycles. The van der Waals surface area contributed by atoms with Gasteiger partial charge >= 0.3 is 0 Å². The predicted octanol–water partition coefficient (Wildman–Crippen LogP) is 2.25. The van der Waals surface area contributed by atoms with Gasteiger partial charge in [-0.3, -0.25) is 4.90 Å². The number of hydrogen-bond acceptors (Lipinski definition) is 7. The Balaban J connectivity index is 1.51. The molecule has 1 saturated heterocycles. The first kappa shape index (κ1) is 15.3. The summed E-state index contributed by atoms with van der Waals surface area (Å²) in [6, 6.07) is 8.45. The van der Waals surface area contributed by atoms with Crippen LogP contribution in [-0.2, 0) is 6.54 Å². The zero-order valence-electron chi connectivity index (χ0n) is 13.4. The summed E-state index contributed by atoms with van der Waals surface area (Å²) in [6.45, 7) is 0.682. The second kappa shape index (κ2) is 6.74. The van der Waals surface area contributed by atoms with E-state index in [4.69, 9.17) is 4.52 Å². The fraction of sp³-hybridized carbons (Fsp3) is 0.375. The summed E-state index contributed by atoms with van der Waals surface area (Å²) in [5, 5.41) is 8.27. The standard InChI is InChI=1S/C16H18N6OS/c1-21(14-5-6-24-9-14)8-15-19-16(20-23-15)12-3-2-4-13(7-12)22-11-17-10-18-22/h2-4,7,10-11,14H,5-6,8-9H2,1H3. The number of hydrogen-bond donors (Lipinski definition) is 0. The highest BCUT2D eigenvalue weighted by Crippen LogP contribution is 2.23. The summed E-state index contributed by atoms with van der Waals surface area (Å²) in [7, 11) is 2.12. The molecular weight excluding hydrogens is 324 g/mol. The SMILES string of the molecule is CN(Cc1nc(-c2cccc(-n3cncn3)c2)no1)C1CCSC1. The molecule has 8 heteroatoms. The molecule has 3 heterocycles. The first-order chi connectivity index (χ1) is 11.8. The van der Waals surface area contributed by atoms with Gasteiger partial charge in [-0.25, -0.2) is 9.67 Å². The third-order valence-electron chi connectivity index (χ3n) is 4.17. The van der Waals surface area contributed by atoms with Crippen molar-refractivity contribution in [3.8, 4) is 17.1 Å². The molecule has 0 amide bonds. The molecule has 124 valence electrons. The van der Waals surface area contributed by atoms with E-state index in [-0.39, 0.29) is 0 Å². The van der Waals surface area contributed by atoms with E-state index in [2.05, 4.69) is 32.2 Å². The normalized spacial score (nSPS) is 17.7. The lowest BCUT2D eigenvalue weighted by Crippen LogP contribution is -2.30. The number of rotatable bonds is 5. The minimum Gasteiger partial charge on any atom is -0.338 e. The fourth-order valence-electron chi connectivity index (χ4n) is 2.78. The molecule has 1 aromatic carbocycles. The van der Waals surface area contributed by atoms with E-state index in [1.165, 1.54) is 24.3 Å². The van der Waals surface area contributed by atoms with Gasteiger partial charge in [0.05, 0.1) is 12.2 Å². The van der Waals surface area contributed by atoms with Crippen LogP contribution in [-0.4, -0.2) is 54.4 Å². The lowest BCUT2D eigenvalue weighted by Gasteiger charge is -2.21. The smallest absolute Gasteiger partial charge is 0.241 e. The zero-order valence-corrected chi connectivity index (χ0v) is 14.2. The van der Waals surface area contributed by atoms with Gasteiger partial charge in [0.15, 0.2) is 0 Å². The summed E-state index contributed by atoms with van der Waals surface area (Å²) in [6.07, 6.45) is 4.40. The Labute approximate surface area is 144 Å². The molecule has 3 aromatic rings. The van der Waals surface area contributed by atoms with E-state index in [0.29, 0.717) is 24.3 Å². The van der Waals surface area contributed by atoms with E-state index in [1.54, 1.807) is 11.0 Å². The molecule has 1 aliphatic rings. The van der Waals surface area contributed by atoms with Crippen LogP contribution >= 0.6 is 11.8 Å². The van der Waals surface area contributed by atoms with E-state index < -0.39 is 0 Å². The molecular formula is C16H18N6OS. The minimum atomic E-state index is 0.598. The van der Waals surface area contributed by atoms with Crippen LogP contribution in [0.3, 0.4) is 0 Å². The molecule has 0 N–H and O–H groups in total. The molecule has 24 heavy (non-hydrogen) atoms. The van der Waals surface area contributed by atoms with Crippen LogP contribution in [0.4, 0.5) is 0 Å². The third kappa shape index (κ3) is 3.20. The van der Waals surface area contributed by atoms with Gasteiger partial charge in [-0.2, -0.15) is 21.8 Å². The Morgan fingerprint density at radius 2 is 2.38 bits per heavy atom. The van der Waals surface area contributed by atoms with E-state index >= 15 is 0 Å². The Kier molecular flexibility index (Phi) is 4.31. The zero-order chi connectivity index (χ0) is 16.4. The second-order valence-electron chi connectivity index (χ2n) is 5.83. The maximum Gasteiger partial charge on any atom is 0.241 e. The molecule has 0 spiro atoms. The van der Waals surface area contributed by atoms with Crippen molar-refractivity contribution in [2.45, 2.75) is 19.0 Å². The highest BCUT2D eigenvalue weighted by atomic mass is 32.2. The Hall–Kier alpha value is -2.19. The fourth-order valence-corrected chi connectivity index (χ4v) is 4.08. The van der Waals surface area contributed by atoms with Gasteiger partial charge in [0.2, 0.25) is 11.7 Å². The van der Waals surface area contributed by atoms with Crippen molar-refractivity contribution in [1.82, 2.24) is 29.8 Å². The minimum absolute atomic E-state index is 0.598. The maximum atomic E-state index is 5.44. The average Bonchev–Trinajstić information content (AvgIpc) is 3.36. The largest absolute Gasteiger partial charge is 0.338 e. The first-order valence-corrected chi connectivity index (χ1v) is 9.01. The molecule has 0 aliphatic carbocycles. The summed E-state index contributed by atoms with van der Waals surface area (Å²) < 4.78 is 7.14. The molecule has 4 rings (SSSR count). The van der Waals surface area contributed by atoms with Crippen molar-refractivity contribution in [2.24, 2.45) is 0 Å². The van der Waals surface area contributed by atoms with Gasteiger partial charge in [-0.05, 0) is 31.4 Å². The molecule has 2 aromatic heterocycles. The van der Waals surface area contributed by atoms with Crippen LogP contribution in [0.25, 0.3) is 17.1 Å². The number of aromatic nitrogens is 5. The van der Waals surface area contributed by atoms with Gasteiger partial charge in [0.25, 0.3) is 0 Å². The van der Waals surface area contributed by atoms with E-state index in [1.807, 2.05) is 36.0 Å². The lowest BCUT2D eigenvalue weighted by molar-refractivity contribution is 0.218.